The normalized spacial score (nSPS) is 17.7. The summed E-state index contributed by atoms with van der Waals surface area (Å²) >= 11 is 0. The van der Waals surface area contributed by atoms with Crippen LogP contribution < -0.4 is 0 Å². The maximum absolute atomic E-state index is 11.8. The van der Waals surface area contributed by atoms with Crippen molar-refractivity contribution < 1.29 is 9.53 Å². The van der Waals surface area contributed by atoms with Crippen LogP contribution in [0.3, 0.4) is 0 Å². The van der Waals surface area contributed by atoms with Gasteiger partial charge in [-0.2, -0.15) is 5.26 Å². The van der Waals surface area contributed by atoms with Gasteiger partial charge in [0.25, 0.3) is 0 Å². The van der Waals surface area contributed by atoms with Crippen molar-refractivity contribution in [2.24, 2.45) is 0 Å². The predicted molar refractivity (Wildman–Crippen MR) is 60.7 cm³/mol. The molecule has 4 heteroatoms. The number of hydrogen-bond acceptors (Lipinski definition) is 3. The van der Waals surface area contributed by atoms with Gasteiger partial charge >= 0.3 is 0 Å². The summed E-state index contributed by atoms with van der Waals surface area (Å²) in [7, 11) is 1.72. The Hall–Kier alpha value is -1.08. The van der Waals surface area contributed by atoms with Crippen LogP contribution in [0.5, 0.6) is 0 Å². The number of nitrogens with zero attached hydrogens (tertiary/aromatic N) is 2. The van der Waals surface area contributed by atoms with Crippen molar-refractivity contribution in [2.45, 2.75) is 51.2 Å². The molecule has 1 amide bonds. The maximum atomic E-state index is 11.8. The van der Waals surface area contributed by atoms with Crippen LogP contribution in [0, 0.1) is 11.3 Å². The third-order valence-corrected chi connectivity index (χ3v) is 3.17. The van der Waals surface area contributed by atoms with Crippen LogP contribution in [0.2, 0.25) is 0 Å². The van der Waals surface area contributed by atoms with Crippen molar-refractivity contribution in [3.63, 3.8) is 0 Å². The third-order valence-electron chi connectivity index (χ3n) is 3.17. The summed E-state index contributed by atoms with van der Waals surface area (Å²) in [4.78, 5) is 13.4. The Morgan fingerprint density at radius 2 is 2.19 bits per heavy atom. The van der Waals surface area contributed by atoms with Gasteiger partial charge in [0, 0.05) is 7.05 Å². The highest BCUT2D eigenvalue weighted by atomic mass is 16.5. The first-order chi connectivity index (χ1) is 7.52. The van der Waals surface area contributed by atoms with Crippen LogP contribution in [0.4, 0.5) is 0 Å². The Morgan fingerprint density at radius 1 is 1.56 bits per heavy atom. The van der Waals surface area contributed by atoms with Gasteiger partial charge < -0.3 is 9.64 Å². The average molecular weight is 224 g/mol. The predicted octanol–water partition coefficient (Wildman–Crippen LogP) is 1.71. The molecule has 16 heavy (non-hydrogen) atoms. The molecule has 0 radical (unpaired) electrons. The van der Waals surface area contributed by atoms with E-state index in [0.717, 1.165) is 19.3 Å². The highest BCUT2D eigenvalue weighted by Crippen LogP contribution is 2.36. The molecule has 0 spiro atoms. The van der Waals surface area contributed by atoms with Crippen molar-refractivity contribution >= 4 is 5.91 Å². The van der Waals surface area contributed by atoms with E-state index in [1.807, 2.05) is 13.8 Å². The van der Waals surface area contributed by atoms with Crippen LogP contribution in [0.25, 0.3) is 0 Å². The fraction of sp³-hybridized carbons (Fsp3) is 0.833. The van der Waals surface area contributed by atoms with E-state index in [2.05, 4.69) is 6.07 Å². The minimum atomic E-state index is -0.533. The van der Waals surface area contributed by atoms with Gasteiger partial charge in [-0.25, -0.2) is 0 Å². The maximum Gasteiger partial charge on any atom is 0.225 e. The van der Waals surface area contributed by atoms with Gasteiger partial charge in [-0.1, -0.05) is 0 Å². The molecule has 4 nitrogen and oxygen atoms in total. The Balaban J connectivity index is 2.39. The molecule has 1 fully saturated rings. The summed E-state index contributed by atoms with van der Waals surface area (Å²) in [5.74, 6) is 0.00176. The van der Waals surface area contributed by atoms with E-state index in [4.69, 9.17) is 10.00 Å². The van der Waals surface area contributed by atoms with Gasteiger partial charge in [0.2, 0.25) is 5.91 Å². The van der Waals surface area contributed by atoms with Crippen molar-refractivity contribution in [3.8, 4) is 6.07 Å². The first-order valence-corrected chi connectivity index (χ1v) is 5.81. The van der Waals surface area contributed by atoms with Gasteiger partial charge in [-0.15, -0.1) is 0 Å². The molecule has 0 N–H and O–H groups in total. The van der Waals surface area contributed by atoms with Gasteiger partial charge in [-0.05, 0) is 33.1 Å². The summed E-state index contributed by atoms with van der Waals surface area (Å²) in [6.45, 7) is 4.32. The standard InChI is InChI=1S/C12H20N2O2/c1-10(2)16-8-5-11(15)14(3)12(9-13)6-4-7-12/h10H,4-8H2,1-3H3. The van der Waals surface area contributed by atoms with Crippen LogP contribution in [0.15, 0.2) is 0 Å². The Morgan fingerprint density at radius 3 is 2.56 bits per heavy atom. The summed E-state index contributed by atoms with van der Waals surface area (Å²) in [6, 6.07) is 2.26. The third kappa shape index (κ3) is 2.73. The second kappa shape index (κ2) is 5.31. The molecule has 0 heterocycles. The molecule has 0 bridgehead atoms. The minimum absolute atomic E-state index is 0.00176. The first-order valence-electron chi connectivity index (χ1n) is 5.81. The van der Waals surface area contributed by atoms with E-state index < -0.39 is 5.54 Å². The van der Waals surface area contributed by atoms with Crippen molar-refractivity contribution in [2.75, 3.05) is 13.7 Å². The van der Waals surface area contributed by atoms with Gasteiger partial charge in [0.05, 0.1) is 25.2 Å². The fourth-order valence-electron chi connectivity index (χ4n) is 1.82. The SMILES string of the molecule is CC(C)OCCC(=O)N(C)C1(C#N)CCC1. The quantitative estimate of drug-likeness (QED) is 0.714. The van der Waals surface area contributed by atoms with E-state index in [1.54, 1.807) is 11.9 Å². The molecule has 1 rings (SSSR count). The monoisotopic (exact) mass is 224 g/mol. The van der Waals surface area contributed by atoms with E-state index in [9.17, 15) is 4.79 Å². The van der Waals surface area contributed by atoms with E-state index >= 15 is 0 Å². The summed E-state index contributed by atoms with van der Waals surface area (Å²) in [6.07, 6.45) is 3.14. The number of amides is 1. The number of carbonyl (C=O) groups is 1. The average Bonchev–Trinajstić information content (AvgIpc) is 2.16. The van der Waals surface area contributed by atoms with Crippen molar-refractivity contribution in [1.29, 1.82) is 5.26 Å². The number of hydrogen-bond donors (Lipinski definition) is 0. The zero-order valence-electron chi connectivity index (χ0n) is 10.3. The zero-order valence-corrected chi connectivity index (χ0v) is 10.3. The lowest BCUT2D eigenvalue weighted by Gasteiger charge is -2.43. The van der Waals surface area contributed by atoms with E-state index in [1.165, 1.54) is 0 Å². The summed E-state index contributed by atoms with van der Waals surface area (Å²) in [5, 5.41) is 9.09. The Bertz CT molecular complexity index is 290. The first kappa shape index (κ1) is 13.0. The largest absolute Gasteiger partial charge is 0.378 e. The molecule has 90 valence electrons. The molecular formula is C12H20N2O2. The van der Waals surface area contributed by atoms with Crippen LogP contribution in [0.1, 0.15) is 39.5 Å². The lowest BCUT2D eigenvalue weighted by molar-refractivity contribution is -0.137. The second-order valence-corrected chi connectivity index (χ2v) is 4.62. The van der Waals surface area contributed by atoms with Gasteiger partial charge in [-0.3, -0.25) is 4.79 Å². The highest BCUT2D eigenvalue weighted by Gasteiger charge is 2.43. The summed E-state index contributed by atoms with van der Waals surface area (Å²) < 4.78 is 5.33. The molecule has 0 aromatic heterocycles. The molecule has 0 aliphatic heterocycles. The lowest BCUT2D eigenvalue weighted by Crippen LogP contribution is -2.53. The fourth-order valence-corrected chi connectivity index (χ4v) is 1.82. The lowest BCUT2D eigenvalue weighted by atomic mass is 9.76. The number of rotatable bonds is 5. The molecule has 0 saturated heterocycles. The van der Waals surface area contributed by atoms with Crippen LogP contribution >= 0.6 is 0 Å². The van der Waals surface area contributed by atoms with Gasteiger partial charge in [0.15, 0.2) is 0 Å². The number of ether oxygens (including phenoxy) is 1. The minimum Gasteiger partial charge on any atom is -0.378 e. The Labute approximate surface area is 97.2 Å². The second-order valence-electron chi connectivity index (χ2n) is 4.62. The molecule has 0 aromatic carbocycles. The topological polar surface area (TPSA) is 53.3 Å². The number of nitriles is 1. The molecule has 0 unspecified atom stereocenters. The van der Waals surface area contributed by atoms with Crippen LogP contribution in [-0.4, -0.2) is 36.1 Å². The Kier molecular flexibility index (Phi) is 4.31. The molecular weight excluding hydrogens is 204 g/mol. The molecule has 1 aliphatic rings. The molecule has 1 aliphatic carbocycles. The molecule has 0 aromatic rings. The summed E-state index contributed by atoms with van der Waals surface area (Å²) in [5.41, 5.74) is -0.533. The van der Waals surface area contributed by atoms with E-state index in [-0.39, 0.29) is 12.0 Å². The van der Waals surface area contributed by atoms with Crippen molar-refractivity contribution in [1.82, 2.24) is 4.90 Å². The highest BCUT2D eigenvalue weighted by molar-refractivity contribution is 5.77. The smallest absolute Gasteiger partial charge is 0.225 e. The molecule has 0 atom stereocenters. The van der Waals surface area contributed by atoms with Crippen LogP contribution in [-0.2, 0) is 9.53 Å². The van der Waals surface area contributed by atoms with Crippen molar-refractivity contribution in [3.05, 3.63) is 0 Å². The number of carbonyl (C=O) groups excluding carboxylic acids is 1. The van der Waals surface area contributed by atoms with E-state index in [0.29, 0.717) is 13.0 Å². The zero-order chi connectivity index (χ0) is 12.2. The van der Waals surface area contributed by atoms with Gasteiger partial charge in [0.1, 0.15) is 5.54 Å². The molecule has 1 saturated carbocycles.